The van der Waals surface area contributed by atoms with E-state index in [9.17, 15) is 13.6 Å². The second kappa shape index (κ2) is 6.54. The number of hydrogen-bond acceptors (Lipinski definition) is 6. The minimum atomic E-state index is -2.99. The van der Waals surface area contributed by atoms with E-state index in [1.165, 1.54) is 41.9 Å². The van der Waals surface area contributed by atoms with Gasteiger partial charge in [0.15, 0.2) is 16.5 Å². The van der Waals surface area contributed by atoms with Crippen molar-refractivity contribution in [3.05, 3.63) is 40.7 Å². The number of thiophene rings is 1. The second-order valence-electron chi connectivity index (χ2n) is 5.17. The number of anilines is 1. The molecule has 0 spiro atoms. The number of alkyl halides is 2. The molecule has 0 saturated carbocycles. The molecule has 1 aromatic carbocycles. The molecule has 1 N–H and O–H groups in total. The predicted molar refractivity (Wildman–Crippen MR) is 96.0 cm³/mol. The molecule has 0 saturated heterocycles. The Bertz CT molecular complexity index is 1100. The van der Waals surface area contributed by atoms with Gasteiger partial charge >= 0.3 is 6.61 Å². The van der Waals surface area contributed by atoms with Crippen LogP contribution in [0.2, 0.25) is 0 Å². The van der Waals surface area contributed by atoms with Gasteiger partial charge in [-0.25, -0.2) is 4.98 Å². The molecule has 0 unspecified atom stereocenters. The van der Waals surface area contributed by atoms with Crippen molar-refractivity contribution in [3.63, 3.8) is 0 Å². The number of benzene rings is 1. The van der Waals surface area contributed by atoms with Crippen molar-refractivity contribution in [1.82, 2.24) is 9.38 Å². The van der Waals surface area contributed by atoms with Gasteiger partial charge in [0.25, 0.3) is 5.91 Å². The van der Waals surface area contributed by atoms with Crippen molar-refractivity contribution in [2.24, 2.45) is 0 Å². The van der Waals surface area contributed by atoms with Crippen LogP contribution in [0.1, 0.15) is 9.67 Å². The molecule has 0 aliphatic heterocycles. The maximum Gasteiger partial charge on any atom is 0.387 e. The number of methoxy groups -OCH3 is 1. The molecule has 4 rings (SSSR count). The largest absolute Gasteiger partial charge is 0.493 e. The molecule has 10 heteroatoms. The van der Waals surface area contributed by atoms with Gasteiger partial charge in [0, 0.05) is 23.3 Å². The Balaban J connectivity index is 1.60. The fraction of sp³-hybridized carbons (Fsp3) is 0.125. The van der Waals surface area contributed by atoms with Crippen molar-refractivity contribution in [3.8, 4) is 11.5 Å². The van der Waals surface area contributed by atoms with Gasteiger partial charge in [-0.1, -0.05) is 0 Å². The summed E-state index contributed by atoms with van der Waals surface area (Å²) in [7, 11) is 1.35. The number of carbonyl (C=O) groups excluding carboxylic acids is 1. The number of carbonyl (C=O) groups is 1. The van der Waals surface area contributed by atoms with E-state index in [0.717, 1.165) is 15.3 Å². The topological polar surface area (TPSA) is 64.9 Å². The van der Waals surface area contributed by atoms with Gasteiger partial charge in [0.05, 0.1) is 17.5 Å². The average molecular weight is 395 g/mol. The number of aromatic nitrogens is 2. The minimum absolute atomic E-state index is 0.151. The molecule has 3 heterocycles. The van der Waals surface area contributed by atoms with Gasteiger partial charge in [-0.2, -0.15) is 8.78 Å². The molecule has 0 bridgehead atoms. The first-order valence-corrected chi connectivity index (χ1v) is 9.04. The summed E-state index contributed by atoms with van der Waals surface area (Å²) in [4.78, 5) is 19.0. The molecule has 3 aromatic heterocycles. The number of thiazole rings is 1. The first-order chi connectivity index (χ1) is 12.5. The molecule has 0 aliphatic carbocycles. The van der Waals surface area contributed by atoms with E-state index < -0.39 is 6.61 Å². The summed E-state index contributed by atoms with van der Waals surface area (Å²) >= 11 is 2.78. The first-order valence-electron chi connectivity index (χ1n) is 7.34. The van der Waals surface area contributed by atoms with E-state index in [1.807, 2.05) is 16.0 Å². The normalized spacial score (nSPS) is 11.4. The van der Waals surface area contributed by atoms with Crippen LogP contribution in [0.25, 0.3) is 15.3 Å². The number of amides is 1. The van der Waals surface area contributed by atoms with Crippen molar-refractivity contribution >= 4 is 49.6 Å². The third-order valence-corrected chi connectivity index (χ3v) is 5.37. The number of hydrogen-bond donors (Lipinski definition) is 1. The monoisotopic (exact) mass is 395 g/mol. The molecule has 0 radical (unpaired) electrons. The van der Waals surface area contributed by atoms with Crippen molar-refractivity contribution in [1.29, 1.82) is 0 Å². The minimum Gasteiger partial charge on any atom is -0.493 e. The van der Waals surface area contributed by atoms with E-state index in [0.29, 0.717) is 10.6 Å². The predicted octanol–water partition coefficient (Wildman–Crippen LogP) is 4.47. The Hall–Kier alpha value is -2.72. The van der Waals surface area contributed by atoms with E-state index in [-0.39, 0.29) is 17.4 Å². The summed E-state index contributed by atoms with van der Waals surface area (Å²) in [6.45, 7) is -2.99. The zero-order valence-electron chi connectivity index (χ0n) is 13.2. The summed E-state index contributed by atoms with van der Waals surface area (Å²) in [6.07, 6.45) is 1.89. The molecule has 1 amide bonds. The summed E-state index contributed by atoms with van der Waals surface area (Å²) in [5.74, 6) is -0.355. The molecule has 4 aromatic rings. The average Bonchev–Trinajstić information content (AvgIpc) is 3.26. The zero-order valence-corrected chi connectivity index (χ0v) is 14.9. The quantitative estimate of drug-likeness (QED) is 0.541. The Morgan fingerprint density at radius 2 is 2.15 bits per heavy atom. The fourth-order valence-corrected chi connectivity index (χ4v) is 4.19. The van der Waals surface area contributed by atoms with Gasteiger partial charge in [-0.3, -0.25) is 9.20 Å². The maximum absolute atomic E-state index is 12.5. The van der Waals surface area contributed by atoms with Crippen molar-refractivity contribution in [2.75, 3.05) is 12.4 Å². The third kappa shape index (κ3) is 2.97. The van der Waals surface area contributed by atoms with Gasteiger partial charge in [0.1, 0.15) is 4.83 Å². The SMILES string of the molecule is COc1ccc(NC(=O)c2cc3c(nc4sccn43)s2)cc1OC(F)F. The van der Waals surface area contributed by atoms with Crippen LogP contribution in [0.4, 0.5) is 14.5 Å². The molecule has 26 heavy (non-hydrogen) atoms. The lowest BCUT2D eigenvalue weighted by Crippen LogP contribution is -2.11. The summed E-state index contributed by atoms with van der Waals surface area (Å²) in [5.41, 5.74) is 1.17. The van der Waals surface area contributed by atoms with Crippen LogP contribution >= 0.6 is 22.7 Å². The summed E-state index contributed by atoms with van der Waals surface area (Å²) < 4.78 is 36.3. The highest BCUT2D eigenvalue weighted by atomic mass is 32.1. The van der Waals surface area contributed by atoms with E-state index in [1.54, 1.807) is 12.1 Å². The third-order valence-electron chi connectivity index (χ3n) is 3.60. The number of fused-ring (bicyclic) bond motifs is 3. The lowest BCUT2D eigenvalue weighted by molar-refractivity contribution is -0.0511. The standard InChI is InChI=1S/C16H11F2N3O3S2/c1-23-10-3-2-8(6-11(10)24-15(17)18)19-13(22)12-7-9-14(26-12)20-16-21(9)4-5-25-16/h2-7,15H,1H3,(H,19,22). The Kier molecular flexibility index (Phi) is 4.21. The van der Waals surface area contributed by atoms with Crippen LogP contribution in [-0.4, -0.2) is 29.0 Å². The molecule has 0 fully saturated rings. The lowest BCUT2D eigenvalue weighted by Gasteiger charge is -2.11. The van der Waals surface area contributed by atoms with Crippen LogP contribution in [-0.2, 0) is 0 Å². The Morgan fingerprint density at radius 3 is 2.92 bits per heavy atom. The molecular weight excluding hydrogens is 384 g/mol. The number of imidazole rings is 1. The summed E-state index contributed by atoms with van der Waals surface area (Å²) in [6, 6.07) is 6.04. The Labute approximate surface area is 153 Å². The number of nitrogens with one attached hydrogen (secondary N) is 1. The van der Waals surface area contributed by atoms with Crippen LogP contribution in [0.15, 0.2) is 35.8 Å². The van der Waals surface area contributed by atoms with Crippen LogP contribution < -0.4 is 14.8 Å². The van der Waals surface area contributed by atoms with Crippen molar-refractivity contribution < 1.29 is 23.0 Å². The molecular formula is C16H11F2N3O3S2. The zero-order chi connectivity index (χ0) is 18.3. The van der Waals surface area contributed by atoms with Gasteiger partial charge in [0.2, 0.25) is 0 Å². The van der Waals surface area contributed by atoms with Crippen molar-refractivity contribution in [2.45, 2.75) is 6.61 Å². The highest BCUT2D eigenvalue weighted by molar-refractivity contribution is 7.21. The van der Waals surface area contributed by atoms with E-state index in [4.69, 9.17) is 4.74 Å². The fourth-order valence-electron chi connectivity index (χ4n) is 2.49. The maximum atomic E-state index is 12.5. The highest BCUT2D eigenvalue weighted by Gasteiger charge is 2.17. The number of halogens is 2. The molecule has 134 valence electrons. The van der Waals surface area contributed by atoms with Gasteiger partial charge in [-0.15, -0.1) is 22.7 Å². The summed E-state index contributed by atoms with van der Waals surface area (Å²) in [5, 5.41) is 4.59. The molecule has 6 nitrogen and oxygen atoms in total. The Morgan fingerprint density at radius 1 is 1.31 bits per heavy atom. The van der Waals surface area contributed by atoms with Crippen LogP contribution in [0, 0.1) is 0 Å². The molecule has 0 aliphatic rings. The lowest BCUT2D eigenvalue weighted by atomic mass is 10.2. The smallest absolute Gasteiger partial charge is 0.387 e. The molecule has 0 atom stereocenters. The van der Waals surface area contributed by atoms with E-state index >= 15 is 0 Å². The van der Waals surface area contributed by atoms with Crippen LogP contribution in [0.3, 0.4) is 0 Å². The number of rotatable bonds is 5. The highest BCUT2D eigenvalue weighted by Crippen LogP contribution is 2.33. The van der Waals surface area contributed by atoms with Crippen LogP contribution in [0.5, 0.6) is 11.5 Å². The number of nitrogens with zero attached hydrogens (tertiary/aromatic N) is 2. The van der Waals surface area contributed by atoms with E-state index in [2.05, 4.69) is 15.0 Å². The first kappa shape index (κ1) is 16.7. The van der Waals surface area contributed by atoms with Gasteiger partial charge in [-0.05, 0) is 18.2 Å². The second-order valence-corrected chi connectivity index (χ2v) is 7.07. The van der Waals surface area contributed by atoms with Gasteiger partial charge < -0.3 is 14.8 Å². The number of ether oxygens (including phenoxy) is 2.